The van der Waals surface area contributed by atoms with Crippen molar-refractivity contribution in [3.63, 3.8) is 0 Å². The first-order valence-corrected chi connectivity index (χ1v) is 3.70. The Morgan fingerprint density at radius 1 is 1.30 bits per heavy atom. The van der Waals surface area contributed by atoms with Crippen molar-refractivity contribution in [1.82, 2.24) is 0 Å². The summed E-state index contributed by atoms with van der Waals surface area (Å²) in [6.45, 7) is 0.457. The Bertz CT molecular complexity index is 138. The van der Waals surface area contributed by atoms with Crippen molar-refractivity contribution in [3.05, 3.63) is 12.2 Å². The third-order valence-corrected chi connectivity index (χ3v) is 1.51. The zero-order chi connectivity index (χ0) is 7.23. The Kier molecular flexibility index (Phi) is 3.00. The van der Waals surface area contributed by atoms with Gasteiger partial charge in [-0.05, 0) is 19.3 Å². The lowest BCUT2D eigenvalue weighted by Crippen LogP contribution is -2.02. The van der Waals surface area contributed by atoms with Gasteiger partial charge >= 0.3 is 5.97 Å². The number of ether oxygens (including phenoxy) is 1. The summed E-state index contributed by atoms with van der Waals surface area (Å²) in [7, 11) is 0. The Morgan fingerprint density at radius 2 is 2.20 bits per heavy atom. The highest BCUT2D eigenvalue weighted by atomic mass is 16.5. The topological polar surface area (TPSA) is 26.3 Å². The standard InChI is InChI=1S/C8H12O2/c9-8-6-4-2-1-3-5-7-10-8/h3,5H,1-2,4,6-7H2/b5-3-. The maximum atomic E-state index is 10.7. The fraction of sp³-hybridized carbons (Fsp3) is 0.625. The van der Waals surface area contributed by atoms with Gasteiger partial charge in [0, 0.05) is 6.42 Å². The van der Waals surface area contributed by atoms with Gasteiger partial charge in [0.1, 0.15) is 6.61 Å². The summed E-state index contributed by atoms with van der Waals surface area (Å²) in [5, 5.41) is 0. The van der Waals surface area contributed by atoms with Crippen LogP contribution in [0.15, 0.2) is 12.2 Å². The number of carbonyl (C=O) groups is 1. The highest BCUT2D eigenvalue weighted by Gasteiger charge is 2.01. The largest absolute Gasteiger partial charge is 0.461 e. The van der Waals surface area contributed by atoms with Crippen LogP contribution in [0.4, 0.5) is 0 Å². The molecule has 0 unspecified atom stereocenters. The van der Waals surface area contributed by atoms with Crippen LogP contribution in [0, 0.1) is 0 Å². The molecule has 0 aromatic heterocycles. The maximum absolute atomic E-state index is 10.7. The fourth-order valence-corrected chi connectivity index (χ4v) is 0.931. The van der Waals surface area contributed by atoms with E-state index < -0.39 is 0 Å². The molecule has 1 heterocycles. The lowest BCUT2D eigenvalue weighted by molar-refractivity contribution is -0.142. The minimum absolute atomic E-state index is 0.0634. The van der Waals surface area contributed by atoms with E-state index in [1.165, 1.54) is 0 Å². The smallest absolute Gasteiger partial charge is 0.306 e. The molecule has 0 aromatic rings. The molecule has 0 atom stereocenters. The van der Waals surface area contributed by atoms with Gasteiger partial charge in [0.2, 0.25) is 0 Å². The molecule has 0 fully saturated rings. The van der Waals surface area contributed by atoms with Gasteiger partial charge in [-0.2, -0.15) is 0 Å². The lowest BCUT2D eigenvalue weighted by Gasteiger charge is -1.97. The molecule has 0 aromatic carbocycles. The number of cyclic esters (lactones) is 1. The lowest BCUT2D eigenvalue weighted by atomic mass is 10.2. The van der Waals surface area contributed by atoms with Gasteiger partial charge in [0.05, 0.1) is 0 Å². The molecule has 0 N–H and O–H groups in total. The quantitative estimate of drug-likeness (QED) is 0.378. The molecule has 56 valence electrons. The van der Waals surface area contributed by atoms with Gasteiger partial charge in [-0.25, -0.2) is 0 Å². The van der Waals surface area contributed by atoms with Gasteiger partial charge in [-0.1, -0.05) is 12.2 Å². The molecule has 0 saturated heterocycles. The van der Waals surface area contributed by atoms with Crippen LogP contribution >= 0.6 is 0 Å². The minimum Gasteiger partial charge on any atom is -0.461 e. The number of hydrogen-bond acceptors (Lipinski definition) is 2. The van der Waals surface area contributed by atoms with Gasteiger partial charge in [-0.3, -0.25) is 4.79 Å². The van der Waals surface area contributed by atoms with Crippen molar-refractivity contribution in [2.45, 2.75) is 25.7 Å². The summed E-state index contributed by atoms with van der Waals surface area (Å²) >= 11 is 0. The number of hydrogen-bond donors (Lipinski definition) is 0. The molecule has 1 aliphatic rings. The van der Waals surface area contributed by atoms with Crippen molar-refractivity contribution in [2.75, 3.05) is 6.61 Å². The van der Waals surface area contributed by atoms with Gasteiger partial charge in [0.25, 0.3) is 0 Å². The molecule has 0 aliphatic carbocycles. The van der Waals surface area contributed by atoms with E-state index in [1.807, 2.05) is 6.08 Å². The van der Waals surface area contributed by atoms with E-state index in [2.05, 4.69) is 6.08 Å². The van der Waals surface area contributed by atoms with Gasteiger partial charge < -0.3 is 4.74 Å². The molecule has 2 nitrogen and oxygen atoms in total. The second-order valence-corrected chi connectivity index (χ2v) is 2.40. The molecular weight excluding hydrogens is 128 g/mol. The number of esters is 1. The average Bonchev–Trinajstić information content (AvgIpc) is 2.02. The Balaban J connectivity index is 2.32. The predicted molar refractivity (Wildman–Crippen MR) is 38.6 cm³/mol. The van der Waals surface area contributed by atoms with Gasteiger partial charge in [-0.15, -0.1) is 0 Å². The molecular formula is C8H12O2. The summed E-state index contributed by atoms with van der Waals surface area (Å²) in [6.07, 6.45) is 7.70. The predicted octanol–water partition coefficient (Wildman–Crippen LogP) is 1.66. The van der Waals surface area contributed by atoms with Gasteiger partial charge in [0.15, 0.2) is 0 Å². The first-order valence-electron chi connectivity index (χ1n) is 3.70. The van der Waals surface area contributed by atoms with E-state index in [1.54, 1.807) is 0 Å². The van der Waals surface area contributed by atoms with Crippen LogP contribution in [0.5, 0.6) is 0 Å². The zero-order valence-corrected chi connectivity index (χ0v) is 6.01. The summed E-state index contributed by atoms with van der Waals surface area (Å²) in [6, 6.07) is 0. The Morgan fingerprint density at radius 3 is 3.10 bits per heavy atom. The number of rotatable bonds is 0. The third-order valence-electron chi connectivity index (χ3n) is 1.51. The average molecular weight is 140 g/mol. The molecule has 10 heavy (non-hydrogen) atoms. The molecule has 0 radical (unpaired) electrons. The summed E-state index contributed by atoms with van der Waals surface area (Å²) in [5.74, 6) is -0.0634. The van der Waals surface area contributed by atoms with Crippen molar-refractivity contribution in [2.24, 2.45) is 0 Å². The molecule has 1 rings (SSSR count). The minimum atomic E-state index is -0.0634. The molecule has 0 spiro atoms. The Labute approximate surface area is 60.9 Å². The highest BCUT2D eigenvalue weighted by Crippen LogP contribution is 2.04. The van der Waals surface area contributed by atoms with Crippen molar-refractivity contribution >= 4 is 5.97 Å². The summed E-state index contributed by atoms with van der Waals surface area (Å²) in [4.78, 5) is 10.7. The van der Waals surface area contributed by atoms with Crippen molar-refractivity contribution in [1.29, 1.82) is 0 Å². The van der Waals surface area contributed by atoms with E-state index >= 15 is 0 Å². The fourth-order valence-electron chi connectivity index (χ4n) is 0.931. The number of allylic oxidation sites excluding steroid dienone is 1. The molecule has 0 bridgehead atoms. The van der Waals surface area contributed by atoms with Crippen LogP contribution in [0.25, 0.3) is 0 Å². The Hall–Kier alpha value is -0.790. The maximum Gasteiger partial charge on any atom is 0.306 e. The molecule has 2 heteroatoms. The third kappa shape index (κ3) is 2.67. The zero-order valence-electron chi connectivity index (χ0n) is 6.01. The van der Waals surface area contributed by atoms with Crippen LogP contribution in [-0.2, 0) is 9.53 Å². The van der Waals surface area contributed by atoms with Crippen LogP contribution in [0.1, 0.15) is 25.7 Å². The normalized spacial score (nSPS) is 23.8. The van der Waals surface area contributed by atoms with E-state index in [0.29, 0.717) is 13.0 Å². The van der Waals surface area contributed by atoms with Crippen molar-refractivity contribution in [3.8, 4) is 0 Å². The van der Waals surface area contributed by atoms with E-state index in [0.717, 1.165) is 19.3 Å². The van der Waals surface area contributed by atoms with Crippen LogP contribution in [0.3, 0.4) is 0 Å². The van der Waals surface area contributed by atoms with Crippen LogP contribution in [0.2, 0.25) is 0 Å². The second kappa shape index (κ2) is 4.09. The van der Waals surface area contributed by atoms with E-state index in [9.17, 15) is 4.79 Å². The second-order valence-electron chi connectivity index (χ2n) is 2.40. The first-order chi connectivity index (χ1) is 4.89. The van der Waals surface area contributed by atoms with Crippen LogP contribution < -0.4 is 0 Å². The van der Waals surface area contributed by atoms with Crippen LogP contribution in [-0.4, -0.2) is 12.6 Å². The van der Waals surface area contributed by atoms with E-state index in [4.69, 9.17) is 4.74 Å². The highest BCUT2D eigenvalue weighted by molar-refractivity contribution is 5.69. The first kappa shape index (κ1) is 7.32. The molecule has 0 amide bonds. The van der Waals surface area contributed by atoms with E-state index in [-0.39, 0.29) is 5.97 Å². The summed E-state index contributed by atoms with van der Waals surface area (Å²) < 4.78 is 4.84. The summed E-state index contributed by atoms with van der Waals surface area (Å²) in [5.41, 5.74) is 0. The molecule has 0 saturated carbocycles. The molecule has 1 aliphatic heterocycles. The monoisotopic (exact) mass is 140 g/mol. The number of carbonyl (C=O) groups excluding carboxylic acids is 1. The van der Waals surface area contributed by atoms with Crippen molar-refractivity contribution < 1.29 is 9.53 Å². The SMILES string of the molecule is O=C1CCCC/C=C\CO1.